The maximum absolute atomic E-state index is 13.0. The van der Waals surface area contributed by atoms with Crippen molar-refractivity contribution in [1.82, 2.24) is 0 Å². The number of benzene rings is 2. The number of carbonyl (C=O) groups excluding carboxylic acids is 1. The molecule has 0 radical (unpaired) electrons. The molecule has 2 aromatic carbocycles. The molecule has 4 rings (SSSR count). The van der Waals surface area contributed by atoms with Crippen molar-refractivity contribution >= 4 is 16.9 Å². The third kappa shape index (κ3) is 3.16. The number of methoxy groups -OCH3 is 1. The number of rotatable bonds is 4. The van der Waals surface area contributed by atoms with E-state index >= 15 is 0 Å². The molecule has 0 saturated carbocycles. The Morgan fingerprint density at radius 1 is 1.00 bits per heavy atom. The third-order valence-electron chi connectivity index (χ3n) is 4.35. The molecule has 28 heavy (non-hydrogen) atoms. The van der Waals surface area contributed by atoms with Crippen molar-refractivity contribution in [1.29, 1.82) is 0 Å². The van der Waals surface area contributed by atoms with Crippen LogP contribution in [0.4, 0.5) is 0 Å². The smallest absolute Gasteiger partial charge is 0.379 e. The lowest BCUT2D eigenvalue weighted by atomic mass is 10.0. The second kappa shape index (κ2) is 7.08. The van der Waals surface area contributed by atoms with E-state index in [-0.39, 0.29) is 16.9 Å². The zero-order chi connectivity index (χ0) is 19.7. The molecular formula is C22H16O6. The van der Waals surface area contributed by atoms with E-state index in [4.69, 9.17) is 18.3 Å². The fourth-order valence-corrected chi connectivity index (χ4v) is 2.99. The SMILES string of the molecule is COc1ccc(-c2c(C)oc3cc(OC(=O)c4ccco4)ccc3c2=O)cc1. The van der Waals surface area contributed by atoms with Crippen LogP contribution >= 0.6 is 0 Å². The van der Waals surface area contributed by atoms with E-state index in [0.717, 1.165) is 5.56 Å². The first-order chi connectivity index (χ1) is 13.6. The molecule has 0 aliphatic carbocycles. The summed E-state index contributed by atoms with van der Waals surface area (Å²) in [5.41, 5.74) is 1.40. The van der Waals surface area contributed by atoms with Gasteiger partial charge in [0, 0.05) is 6.07 Å². The zero-order valence-corrected chi connectivity index (χ0v) is 15.2. The molecule has 0 aliphatic heterocycles. The molecule has 2 heterocycles. The fraction of sp³-hybridized carbons (Fsp3) is 0.0909. The quantitative estimate of drug-likeness (QED) is 0.383. The molecule has 0 amide bonds. The summed E-state index contributed by atoms with van der Waals surface area (Å²) in [7, 11) is 1.58. The Bertz CT molecular complexity index is 1200. The number of ether oxygens (including phenoxy) is 2. The van der Waals surface area contributed by atoms with Crippen LogP contribution in [-0.4, -0.2) is 13.1 Å². The number of furan rings is 1. The van der Waals surface area contributed by atoms with Gasteiger partial charge >= 0.3 is 5.97 Å². The van der Waals surface area contributed by atoms with E-state index in [2.05, 4.69) is 0 Å². The Balaban J connectivity index is 1.73. The van der Waals surface area contributed by atoms with Crippen LogP contribution in [0.2, 0.25) is 0 Å². The average molecular weight is 376 g/mol. The molecule has 2 aromatic heterocycles. The fourth-order valence-electron chi connectivity index (χ4n) is 2.99. The molecule has 140 valence electrons. The van der Waals surface area contributed by atoms with Gasteiger partial charge in [-0.15, -0.1) is 0 Å². The van der Waals surface area contributed by atoms with Crippen LogP contribution in [0.3, 0.4) is 0 Å². The number of hydrogen-bond acceptors (Lipinski definition) is 6. The van der Waals surface area contributed by atoms with Gasteiger partial charge in [-0.2, -0.15) is 0 Å². The predicted octanol–water partition coefficient (Wildman–Crippen LogP) is 4.59. The molecule has 0 aliphatic rings. The lowest BCUT2D eigenvalue weighted by Gasteiger charge is -2.09. The highest BCUT2D eigenvalue weighted by molar-refractivity contribution is 5.89. The highest BCUT2D eigenvalue weighted by Gasteiger charge is 2.16. The Kier molecular flexibility index (Phi) is 4.45. The van der Waals surface area contributed by atoms with E-state index in [0.29, 0.717) is 28.0 Å². The summed E-state index contributed by atoms with van der Waals surface area (Å²) in [5, 5.41) is 0.397. The molecule has 0 fully saturated rings. The van der Waals surface area contributed by atoms with E-state index in [1.165, 1.54) is 18.4 Å². The van der Waals surface area contributed by atoms with E-state index < -0.39 is 5.97 Å². The lowest BCUT2D eigenvalue weighted by molar-refractivity contribution is 0.0701. The van der Waals surface area contributed by atoms with Crippen LogP contribution in [0.5, 0.6) is 11.5 Å². The predicted molar refractivity (Wildman–Crippen MR) is 103 cm³/mol. The molecule has 0 N–H and O–H groups in total. The van der Waals surface area contributed by atoms with Gasteiger partial charge in [0.15, 0.2) is 0 Å². The minimum Gasteiger partial charge on any atom is -0.497 e. The summed E-state index contributed by atoms with van der Waals surface area (Å²) >= 11 is 0. The maximum Gasteiger partial charge on any atom is 0.379 e. The molecule has 0 spiro atoms. The first kappa shape index (κ1) is 17.6. The van der Waals surface area contributed by atoms with Crippen LogP contribution in [0.15, 0.2) is 74.5 Å². The summed E-state index contributed by atoms with van der Waals surface area (Å²) in [4.78, 5) is 25.0. The lowest BCUT2D eigenvalue weighted by Crippen LogP contribution is -2.09. The number of hydrogen-bond donors (Lipinski definition) is 0. The van der Waals surface area contributed by atoms with E-state index in [1.54, 1.807) is 44.4 Å². The van der Waals surface area contributed by atoms with E-state index in [1.807, 2.05) is 12.1 Å². The van der Waals surface area contributed by atoms with Crippen molar-refractivity contribution in [3.05, 3.63) is 82.6 Å². The largest absolute Gasteiger partial charge is 0.497 e. The van der Waals surface area contributed by atoms with Gasteiger partial charge in [0.1, 0.15) is 22.8 Å². The third-order valence-corrected chi connectivity index (χ3v) is 4.35. The standard InChI is InChI=1S/C22H16O6/c1-13-20(14-5-7-15(25-2)8-6-14)21(23)17-10-9-16(12-19(17)27-13)28-22(24)18-4-3-11-26-18/h3-12H,1-2H3. The molecule has 0 unspecified atom stereocenters. The van der Waals surface area contributed by atoms with Crippen molar-refractivity contribution < 1.29 is 23.1 Å². The van der Waals surface area contributed by atoms with Gasteiger partial charge in [0.2, 0.25) is 11.2 Å². The summed E-state index contributed by atoms with van der Waals surface area (Å²) in [6.45, 7) is 1.72. The Morgan fingerprint density at radius 2 is 1.75 bits per heavy atom. The van der Waals surface area contributed by atoms with Crippen LogP contribution in [0, 0.1) is 6.92 Å². The summed E-state index contributed by atoms with van der Waals surface area (Å²) < 4.78 is 21.3. The molecular weight excluding hydrogens is 360 g/mol. The molecule has 0 atom stereocenters. The molecule has 4 aromatic rings. The van der Waals surface area contributed by atoms with Gasteiger partial charge in [-0.05, 0) is 48.9 Å². The number of aryl methyl sites for hydroxylation is 1. The topological polar surface area (TPSA) is 78.9 Å². The van der Waals surface area contributed by atoms with Crippen LogP contribution in [0.25, 0.3) is 22.1 Å². The summed E-state index contributed by atoms with van der Waals surface area (Å²) in [5.74, 6) is 0.895. The van der Waals surface area contributed by atoms with Gasteiger partial charge in [-0.1, -0.05) is 12.1 Å². The summed E-state index contributed by atoms with van der Waals surface area (Å²) in [6, 6.07) is 14.9. The molecule has 6 nitrogen and oxygen atoms in total. The maximum atomic E-state index is 13.0. The van der Waals surface area contributed by atoms with Gasteiger partial charge < -0.3 is 18.3 Å². The molecule has 0 saturated heterocycles. The van der Waals surface area contributed by atoms with Gasteiger partial charge in [0.05, 0.1) is 24.3 Å². The van der Waals surface area contributed by atoms with Gasteiger partial charge in [0.25, 0.3) is 0 Å². The first-order valence-electron chi connectivity index (χ1n) is 8.54. The van der Waals surface area contributed by atoms with Crippen molar-refractivity contribution in [3.8, 4) is 22.6 Å². The monoisotopic (exact) mass is 376 g/mol. The van der Waals surface area contributed by atoms with Gasteiger partial charge in [-0.25, -0.2) is 4.79 Å². The number of carbonyl (C=O) groups is 1. The van der Waals surface area contributed by atoms with E-state index in [9.17, 15) is 9.59 Å². The van der Waals surface area contributed by atoms with Crippen molar-refractivity contribution in [2.45, 2.75) is 6.92 Å². The van der Waals surface area contributed by atoms with Gasteiger partial charge in [-0.3, -0.25) is 4.79 Å². The highest BCUT2D eigenvalue weighted by atomic mass is 16.5. The Hall–Kier alpha value is -3.80. The van der Waals surface area contributed by atoms with Crippen molar-refractivity contribution in [3.63, 3.8) is 0 Å². The van der Waals surface area contributed by atoms with Crippen molar-refractivity contribution in [2.24, 2.45) is 0 Å². The highest BCUT2D eigenvalue weighted by Crippen LogP contribution is 2.27. The second-order valence-electron chi connectivity index (χ2n) is 6.12. The minimum absolute atomic E-state index is 0.0904. The van der Waals surface area contributed by atoms with Crippen LogP contribution in [-0.2, 0) is 0 Å². The minimum atomic E-state index is -0.627. The normalized spacial score (nSPS) is 10.8. The second-order valence-corrected chi connectivity index (χ2v) is 6.12. The van der Waals surface area contributed by atoms with Crippen molar-refractivity contribution in [2.75, 3.05) is 7.11 Å². The zero-order valence-electron chi connectivity index (χ0n) is 15.2. The average Bonchev–Trinajstić information content (AvgIpc) is 3.23. The summed E-state index contributed by atoms with van der Waals surface area (Å²) in [6.07, 6.45) is 1.39. The van der Waals surface area contributed by atoms with Crippen LogP contribution in [0.1, 0.15) is 16.3 Å². The first-order valence-corrected chi connectivity index (χ1v) is 8.54. The number of esters is 1. The Labute approximate surface area is 159 Å². The Morgan fingerprint density at radius 3 is 2.43 bits per heavy atom. The number of fused-ring (bicyclic) bond motifs is 1. The van der Waals surface area contributed by atoms with Crippen LogP contribution < -0.4 is 14.9 Å². The molecule has 6 heteroatoms. The molecule has 0 bridgehead atoms.